The normalized spacial score (nSPS) is 14.3. The molecule has 2 unspecified atom stereocenters. The quantitative estimate of drug-likeness (QED) is 0.318. The Bertz CT molecular complexity index is 453. The Morgan fingerprint density at radius 1 is 1.14 bits per heavy atom. The minimum atomic E-state index is -1.49. The highest BCUT2D eigenvalue weighted by Crippen LogP contribution is 2.25. The molecule has 9 heteroatoms. The fourth-order valence-corrected chi connectivity index (χ4v) is 1.28. The predicted octanol–water partition coefficient (Wildman–Crippen LogP) is -1.85. The topological polar surface area (TPSA) is 168 Å². The predicted molar refractivity (Wildman–Crippen MR) is 73.8 cm³/mol. The van der Waals surface area contributed by atoms with Gasteiger partial charge in [-0.05, 0) is 18.2 Å². The summed E-state index contributed by atoms with van der Waals surface area (Å²) in [6.45, 7) is -1.28. The zero-order valence-electron chi connectivity index (χ0n) is 11.8. The zero-order valence-corrected chi connectivity index (χ0v) is 11.8. The van der Waals surface area contributed by atoms with Crippen molar-refractivity contribution in [3.05, 3.63) is 23.8 Å². The van der Waals surface area contributed by atoms with E-state index in [4.69, 9.17) is 40.5 Å². The van der Waals surface area contributed by atoms with E-state index in [0.717, 1.165) is 0 Å². The van der Waals surface area contributed by atoms with Gasteiger partial charge in [-0.25, -0.2) is 4.79 Å². The van der Waals surface area contributed by atoms with E-state index < -0.39 is 37.5 Å². The second-order valence-electron chi connectivity index (χ2n) is 4.18. The van der Waals surface area contributed by atoms with Gasteiger partial charge in [-0.2, -0.15) is 0 Å². The molecule has 0 aliphatic rings. The number of hydrogen-bond acceptors (Lipinski definition) is 8. The van der Waals surface area contributed by atoms with Crippen LogP contribution in [0.4, 0.5) is 0 Å². The minimum absolute atomic E-state index is 0.0671. The summed E-state index contributed by atoms with van der Waals surface area (Å²) in [6, 6.07) is 3.85. The lowest BCUT2D eigenvalue weighted by Crippen LogP contribution is -2.41. The van der Waals surface area contributed by atoms with Crippen molar-refractivity contribution in [3.63, 3.8) is 0 Å². The molecule has 126 valence electrons. The van der Waals surface area contributed by atoms with Crippen LogP contribution in [0.15, 0.2) is 18.2 Å². The van der Waals surface area contributed by atoms with E-state index in [0.29, 0.717) is 0 Å². The molecule has 7 N–H and O–H groups in total. The highest BCUT2D eigenvalue weighted by Gasteiger charge is 2.22. The Morgan fingerprint density at radius 3 is 2.00 bits per heavy atom. The number of ether oxygens (including phenoxy) is 1. The maximum absolute atomic E-state index is 10.4. The van der Waals surface area contributed by atoms with Crippen LogP contribution in [0.2, 0.25) is 0 Å². The Morgan fingerprint density at radius 2 is 1.64 bits per heavy atom. The first-order valence-electron chi connectivity index (χ1n) is 6.14. The van der Waals surface area contributed by atoms with Crippen LogP contribution in [-0.4, -0.2) is 80.4 Å². The Balaban J connectivity index is 0.000000409. The molecule has 0 bridgehead atoms. The van der Waals surface area contributed by atoms with Crippen molar-refractivity contribution in [1.29, 1.82) is 0 Å². The van der Waals surface area contributed by atoms with Crippen LogP contribution >= 0.6 is 0 Å². The Labute approximate surface area is 126 Å². The van der Waals surface area contributed by atoms with Crippen LogP contribution in [-0.2, 0) is 0 Å². The third-order valence-electron chi connectivity index (χ3n) is 2.59. The summed E-state index contributed by atoms with van der Waals surface area (Å²) >= 11 is 0. The summed E-state index contributed by atoms with van der Waals surface area (Å²) in [5.41, 5.74) is 0.0876. The SMILES string of the molecule is COc1cc(C(=O)O)ccc1O.OCC(O)C(O)C(O)CO. The van der Waals surface area contributed by atoms with Gasteiger partial charge in [-0.15, -0.1) is 0 Å². The van der Waals surface area contributed by atoms with E-state index in [9.17, 15) is 4.79 Å². The first-order valence-corrected chi connectivity index (χ1v) is 6.14. The molecule has 2 atom stereocenters. The van der Waals surface area contributed by atoms with Crippen molar-refractivity contribution in [2.45, 2.75) is 18.3 Å². The molecule has 0 saturated heterocycles. The van der Waals surface area contributed by atoms with Gasteiger partial charge in [-0.3, -0.25) is 0 Å². The van der Waals surface area contributed by atoms with Gasteiger partial charge in [0.05, 0.1) is 25.9 Å². The average molecular weight is 320 g/mol. The van der Waals surface area contributed by atoms with Gasteiger partial charge in [0.1, 0.15) is 18.3 Å². The molecule has 0 heterocycles. The van der Waals surface area contributed by atoms with Gasteiger partial charge in [-0.1, -0.05) is 0 Å². The van der Waals surface area contributed by atoms with Crippen molar-refractivity contribution in [1.82, 2.24) is 0 Å². The van der Waals surface area contributed by atoms with Gasteiger partial charge in [0.25, 0.3) is 0 Å². The number of phenols is 1. The third-order valence-corrected chi connectivity index (χ3v) is 2.59. The molecular weight excluding hydrogens is 300 g/mol. The smallest absolute Gasteiger partial charge is 0.335 e. The van der Waals surface area contributed by atoms with Crippen molar-refractivity contribution in [2.24, 2.45) is 0 Å². The van der Waals surface area contributed by atoms with Crippen molar-refractivity contribution >= 4 is 5.97 Å². The number of aliphatic hydroxyl groups excluding tert-OH is 5. The third kappa shape index (κ3) is 6.24. The molecule has 0 aliphatic heterocycles. The van der Waals surface area contributed by atoms with Gasteiger partial charge in [0, 0.05) is 0 Å². The average Bonchev–Trinajstić information content (AvgIpc) is 2.53. The first kappa shape index (κ1) is 20.1. The van der Waals surface area contributed by atoms with E-state index in [2.05, 4.69) is 0 Å². The molecule has 0 aliphatic carbocycles. The van der Waals surface area contributed by atoms with Crippen LogP contribution in [0, 0.1) is 0 Å². The van der Waals surface area contributed by atoms with Gasteiger partial charge in [0.15, 0.2) is 11.5 Å². The number of carboxylic acids is 1. The number of phenolic OH excluding ortho intramolecular Hbond substituents is 1. The Hall–Kier alpha value is -1.91. The maximum Gasteiger partial charge on any atom is 0.335 e. The van der Waals surface area contributed by atoms with Crippen LogP contribution in [0.1, 0.15) is 10.4 Å². The highest BCUT2D eigenvalue weighted by molar-refractivity contribution is 5.88. The van der Waals surface area contributed by atoms with E-state index >= 15 is 0 Å². The lowest BCUT2D eigenvalue weighted by molar-refractivity contribution is -0.0900. The van der Waals surface area contributed by atoms with E-state index in [-0.39, 0.29) is 17.1 Å². The monoisotopic (exact) mass is 320 g/mol. The molecule has 0 radical (unpaired) electrons. The van der Waals surface area contributed by atoms with Crippen LogP contribution in [0.5, 0.6) is 11.5 Å². The number of hydrogen-bond donors (Lipinski definition) is 7. The fraction of sp³-hybridized carbons (Fsp3) is 0.462. The van der Waals surface area contributed by atoms with E-state index in [1.165, 1.54) is 25.3 Å². The number of aromatic hydroxyl groups is 1. The summed E-state index contributed by atoms with van der Waals surface area (Å²) < 4.78 is 4.72. The van der Waals surface area contributed by atoms with E-state index in [1.54, 1.807) is 0 Å². The van der Waals surface area contributed by atoms with Crippen LogP contribution < -0.4 is 4.74 Å². The summed E-state index contributed by atoms with van der Waals surface area (Å²) in [4.78, 5) is 10.4. The lowest BCUT2D eigenvalue weighted by Gasteiger charge is -2.19. The maximum atomic E-state index is 10.4. The number of aliphatic hydroxyl groups is 5. The molecule has 0 spiro atoms. The summed E-state index contributed by atoms with van der Waals surface area (Å²) in [5, 5.41) is 60.2. The molecule has 9 nitrogen and oxygen atoms in total. The van der Waals surface area contributed by atoms with E-state index in [1.807, 2.05) is 0 Å². The van der Waals surface area contributed by atoms with Gasteiger partial charge in [0.2, 0.25) is 0 Å². The molecule has 1 rings (SSSR count). The number of methoxy groups -OCH3 is 1. The second kappa shape index (κ2) is 9.92. The lowest BCUT2D eigenvalue weighted by atomic mass is 10.1. The number of aromatic carboxylic acids is 1. The van der Waals surface area contributed by atoms with Crippen molar-refractivity contribution in [2.75, 3.05) is 20.3 Å². The summed E-state index contributed by atoms with van der Waals surface area (Å²) in [6.07, 6.45) is -4.29. The molecule has 22 heavy (non-hydrogen) atoms. The number of carboxylic acid groups (broad SMARTS) is 1. The molecular formula is C13H20O9. The fourth-order valence-electron chi connectivity index (χ4n) is 1.28. The summed E-state index contributed by atoms with van der Waals surface area (Å²) in [7, 11) is 1.36. The molecule has 1 aromatic carbocycles. The molecule has 0 amide bonds. The summed E-state index contributed by atoms with van der Waals surface area (Å²) in [5.74, 6) is -0.953. The van der Waals surface area contributed by atoms with Gasteiger partial charge < -0.3 is 40.5 Å². The van der Waals surface area contributed by atoms with Crippen molar-refractivity contribution in [3.8, 4) is 11.5 Å². The van der Waals surface area contributed by atoms with Crippen LogP contribution in [0.3, 0.4) is 0 Å². The Kier molecular flexibility index (Phi) is 9.06. The number of benzene rings is 1. The number of rotatable bonds is 6. The standard InChI is InChI=1S/C8H8O4.C5H12O5/c1-12-7-4-5(8(10)11)2-3-6(7)9;6-1-3(8)5(10)4(9)2-7/h2-4,9H,1H3,(H,10,11);3-10H,1-2H2. The van der Waals surface area contributed by atoms with Gasteiger partial charge >= 0.3 is 5.97 Å². The minimum Gasteiger partial charge on any atom is -0.504 e. The molecule has 0 fully saturated rings. The highest BCUT2D eigenvalue weighted by atomic mass is 16.5. The zero-order chi connectivity index (χ0) is 17.3. The second-order valence-corrected chi connectivity index (χ2v) is 4.18. The first-order chi connectivity index (χ1) is 10.3. The number of carbonyl (C=O) groups is 1. The van der Waals surface area contributed by atoms with Crippen LogP contribution in [0.25, 0.3) is 0 Å². The molecule has 0 saturated carbocycles. The molecule has 1 aromatic rings. The van der Waals surface area contributed by atoms with Crippen molar-refractivity contribution < 1.29 is 45.3 Å². The largest absolute Gasteiger partial charge is 0.504 e. The molecule has 0 aromatic heterocycles.